The number of aliphatic carboxylic acids is 1. The minimum Gasteiger partial charge on any atom is -0.477 e. The molecule has 4 aliphatic rings. The van der Waals surface area contributed by atoms with Crippen molar-refractivity contribution in [1.82, 2.24) is 36.2 Å². The predicted octanol–water partition coefficient (Wildman–Crippen LogP) is -1.21. The molecule has 1 saturated heterocycles. The average molecular weight is 680 g/mol. The number of nitrogen functional groups attached to an aromatic ring is 1. The molecule has 0 spiro atoms. The number of β-lactam (4-membered cyclic amide) rings is 1. The molecule has 0 radical (unpaired) electrons. The Morgan fingerprint density at radius 3 is 2.76 bits per heavy atom. The Balaban J connectivity index is 1.31. The van der Waals surface area contributed by atoms with Crippen LogP contribution in [0.4, 0.5) is 5.13 Å². The van der Waals surface area contributed by atoms with Crippen LogP contribution in [0.25, 0.3) is 0 Å². The number of anilines is 1. The zero-order valence-electron chi connectivity index (χ0n) is 24.0. The molecule has 2 atom stereocenters. The number of thiazole rings is 1. The summed E-state index contributed by atoms with van der Waals surface area (Å²) in [5.74, 6) is 2.84. The Morgan fingerprint density at radius 2 is 2.11 bits per heavy atom. The van der Waals surface area contributed by atoms with Crippen molar-refractivity contribution in [1.29, 1.82) is 0 Å². The molecule has 0 bridgehead atoms. The summed E-state index contributed by atoms with van der Waals surface area (Å²) in [5.41, 5.74) is 9.90. The summed E-state index contributed by atoms with van der Waals surface area (Å²) >= 11 is 3.69. The Hall–Kier alpha value is -4.15. The number of hydrazine groups is 3. The maximum atomic E-state index is 13.4. The fourth-order valence-electron chi connectivity index (χ4n) is 4.42. The molecule has 3 amide bonds. The number of nitrogens with zero attached hydrogens (tertiary/aromatic N) is 6. The number of aliphatic imine (C=N–C) groups is 1. The number of carboxylic acids is 1. The number of rotatable bonds is 11. The minimum absolute atomic E-state index is 0.0502. The highest BCUT2D eigenvalue weighted by Crippen LogP contribution is 2.42. The number of aliphatic hydroxyl groups excluding tert-OH is 1. The lowest BCUT2D eigenvalue weighted by Crippen LogP contribution is -2.71. The van der Waals surface area contributed by atoms with Gasteiger partial charge in [-0.3, -0.25) is 29.7 Å². The summed E-state index contributed by atoms with van der Waals surface area (Å²) < 4.78 is 0. The van der Waals surface area contributed by atoms with Crippen LogP contribution < -0.4 is 27.9 Å². The summed E-state index contributed by atoms with van der Waals surface area (Å²) in [5, 5.41) is 30.8. The van der Waals surface area contributed by atoms with Crippen molar-refractivity contribution in [3.8, 4) is 0 Å². The molecule has 9 N–H and O–H groups in total. The molecule has 1 unspecified atom stereocenters. The van der Waals surface area contributed by atoms with Crippen LogP contribution >= 0.6 is 34.9 Å². The number of hydrogen-bond donors (Lipinski definition) is 7. The second-order valence-corrected chi connectivity index (χ2v) is 13.3. The van der Waals surface area contributed by atoms with E-state index in [4.69, 9.17) is 16.4 Å². The first-order chi connectivity index (χ1) is 21.3. The lowest BCUT2D eigenvalue weighted by Gasteiger charge is -2.49. The van der Waals surface area contributed by atoms with Crippen molar-refractivity contribution < 1.29 is 34.2 Å². The number of carbonyl (C=O) groups is 4. The smallest absolute Gasteiger partial charge is 0.352 e. The second-order valence-electron chi connectivity index (χ2n) is 10.3. The lowest BCUT2D eigenvalue weighted by atomic mass is 10.0. The number of nitrogens with two attached hydrogens (primary N) is 2. The van der Waals surface area contributed by atoms with Crippen LogP contribution in [0.15, 0.2) is 49.9 Å². The van der Waals surface area contributed by atoms with Gasteiger partial charge >= 0.3 is 5.97 Å². The highest BCUT2D eigenvalue weighted by atomic mass is 32.2. The molecule has 1 aromatic rings. The molecule has 5 rings (SSSR count). The SMILES string of the molecule is CC1=NC2=CN(CO)NN2C(SCC2=C(C(=O)O)N3C(=O)C(NC(=O)/C(=N\OC(C)(C)C(=O)NN)c4csc(N)n4)[C@H]3SC2)=C1. The van der Waals surface area contributed by atoms with Crippen LogP contribution in [0, 0.1) is 0 Å². The lowest BCUT2D eigenvalue weighted by molar-refractivity contribution is -0.150. The number of nitrogens with one attached hydrogen (secondary N) is 3. The number of amides is 3. The molecule has 1 aromatic heterocycles. The molecule has 4 aliphatic heterocycles. The van der Waals surface area contributed by atoms with E-state index in [-0.39, 0.29) is 40.5 Å². The van der Waals surface area contributed by atoms with Gasteiger partial charge in [0.1, 0.15) is 29.5 Å². The quantitative estimate of drug-likeness (QED) is 0.0476. The molecule has 0 aromatic carbocycles. The number of carbonyl (C=O) groups excluding carboxylic acids is 3. The molecule has 0 saturated carbocycles. The van der Waals surface area contributed by atoms with Crippen molar-refractivity contribution in [3.63, 3.8) is 0 Å². The van der Waals surface area contributed by atoms with E-state index < -0.39 is 40.7 Å². The van der Waals surface area contributed by atoms with Gasteiger partial charge < -0.3 is 26.1 Å². The van der Waals surface area contributed by atoms with Gasteiger partial charge in [-0.05, 0) is 32.4 Å². The third kappa shape index (κ3) is 6.35. The molecule has 1 fully saturated rings. The average Bonchev–Trinajstić information content (AvgIpc) is 3.63. The zero-order chi connectivity index (χ0) is 32.6. The van der Waals surface area contributed by atoms with Crippen LogP contribution in [-0.4, -0.2) is 100 Å². The Kier molecular flexibility index (Phi) is 9.09. The van der Waals surface area contributed by atoms with Gasteiger partial charge in [-0.25, -0.2) is 25.6 Å². The van der Waals surface area contributed by atoms with E-state index in [0.717, 1.165) is 27.0 Å². The number of allylic oxidation sites excluding steroid dienone is 1. The van der Waals surface area contributed by atoms with Crippen molar-refractivity contribution >= 4 is 75.1 Å². The van der Waals surface area contributed by atoms with Crippen molar-refractivity contribution in [2.45, 2.75) is 37.8 Å². The van der Waals surface area contributed by atoms with E-state index in [9.17, 15) is 29.4 Å². The maximum absolute atomic E-state index is 13.4. The standard InChI is InChI=1S/C24H29N11O7S3/c1-10-4-14(35-13(27-10)5-33(9-36)32-35)43-6-11-7-44-20-16(19(38)34(20)17(11)21(39)40)29-18(37)15(12-8-45-23(25)28-12)31-42-24(2,3)22(41)30-26/h4-5,8,16,20,32,36H,6-7,9,26H2,1-3H3,(H2,25,28)(H,29,37)(H,30,41)(H,39,40)/b31-15-/t16?,20-/m1/s1. The fourth-order valence-corrected chi connectivity index (χ4v) is 7.52. The van der Waals surface area contributed by atoms with Crippen LogP contribution in [-0.2, 0) is 24.0 Å². The van der Waals surface area contributed by atoms with E-state index in [1.165, 1.54) is 47.8 Å². The highest BCUT2D eigenvalue weighted by Gasteiger charge is 2.54. The number of carboxylic acid groups (broad SMARTS) is 1. The molecule has 0 aliphatic carbocycles. The summed E-state index contributed by atoms with van der Waals surface area (Å²) in [6, 6.07) is -1.07. The Bertz CT molecular complexity index is 1600. The molecular weight excluding hydrogens is 651 g/mol. The van der Waals surface area contributed by atoms with Crippen LogP contribution in [0.5, 0.6) is 0 Å². The van der Waals surface area contributed by atoms with Crippen LogP contribution in [0.1, 0.15) is 26.5 Å². The highest BCUT2D eigenvalue weighted by molar-refractivity contribution is 8.03. The van der Waals surface area contributed by atoms with Crippen LogP contribution in [0.2, 0.25) is 0 Å². The fraction of sp³-hybridized carbons (Fsp3) is 0.375. The number of thioether (sulfide) groups is 2. The zero-order valence-corrected chi connectivity index (χ0v) is 26.5. The van der Waals surface area contributed by atoms with E-state index in [1.54, 1.807) is 11.2 Å². The topological polar surface area (TPSA) is 253 Å². The van der Waals surface area contributed by atoms with Gasteiger partial charge in [0, 0.05) is 22.6 Å². The Labute approximate surface area is 268 Å². The molecule has 18 nitrogen and oxygen atoms in total. The molecule has 21 heteroatoms. The molecular formula is C24H29N11O7S3. The number of fused-ring (bicyclic) bond motifs is 2. The molecule has 45 heavy (non-hydrogen) atoms. The largest absolute Gasteiger partial charge is 0.477 e. The van der Waals surface area contributed by atoms with Crippen molar-refractivity contribution in [3.05, 3.63) is 45.5 Å². The predicted molar refractivity (Wildman–Crippen MR) is 166 cm³/mol. The van der Waals surface area contributed by atoms with Gasteiger partial charge in [-0.15, -0.1) is 40.4 Å². The van der Waals surface area contributed by atoms with Gasteiger partial charge in [0.15, 0.2) is 16.7 Å². The minimum atomic E-state index is -1.56. The van der Waals surface area contributed by atoms with Crippen molar-refractivity contribution in [2.24, 2.45) is 16.0 Å². The third-order valence-electron chi connectivity index (χ3n) is 6.68. The number of oxime groups is 1. The summed E-state index contributed by atoms with van der Waals surface area (Å²) in [6.45, 7) is 4.30. The number of aromatic nitrogens is 1. The first-order valence-electron chi connectivity index (χ1n) is 13.1. The third-order valence-corrected chi connectivity index (χ3v) is 9.78. The van der Waals surface area contributed by atoms with Crippen LogP contribution in [0.3, 0.4) is 0 Å². The maximum Gasteiger partial charge on any atom is 0.352 e. The van der Waals surface area contributed by atoms with Gasteiger partial charge in [0.05, 0.1) is 11.2 Å². The van der Waals surface area contributed by atoms with E-state index in [0.29, 0.717) is 11.4 Å². The summed E-state index contributed by atoms with van der Waals surface area (Å²) in [6.07, 6.45) is 3.45. The first-order valence-corrected chi connectivity index (χ1v) is 16.0. The normalized spacial score (nSPS) is 21.4. The van der Waals surface area contributed by atoms with Crippen molar-refractivity contribution in [2.75, 3.05) is 24.0 Å². The van der Waals surface area contributed by atoms with E-state index in [1.807, 2.05) is 18.4 Å². The van der Waals surface area contributed by atoms with Gasteiger partial charge in [-0.1, -0.05) is 5.16 Å². The molecule has 5 heterocycles. The summed E-state index contributed by atoms with van der Waals surface area (Å²) in [7, 11) is 0. The first kappa shape index (κ1) is 32.2. The van der Waals surface area contributed by atoms with Gasteiger partial charge in [-0.2, -0.15) is 0 Å². The number of aliphatic hydroxyl groups is 1. The molecule has 240 valence electrons. The van der Waals surface area contributed by atoms with Gasteiger partial charge in [0.25, 0.3) is 17.7 Å². The summed E-state index contributed by atoms with van der Waals surface area (Å²) in [4.78, 5) is 66.1. The second kappa shape index (κ2) is 12.7. The monoisotopic (exact) mass is 679 g/mol. The number of hydrogen-bond acceptors (Lipinski definition) is 17. The Morgan fingerprint density at radius 1 is 1.36 bits per heavy atom. The van der Waals surface area contributed by atoms with Gasteiger partial charge in [0.2, 0.25) is 5.60 Å². The van der Waals surface area contributed by atoms with E-state index in [2.05, 4.69) is 26.0 Å². The van der Waals surface area contributed by atoms with E-state index >= 15 is 0 Å².